The number of amides is 2. The van der Waals surface area contributed by atoms with E-state index in [1.165, 1.54) is 28.0 Å². The molecule has 3 heterocycles. The summed E-state index contributed by atoms with van der Waals surface area (Å²) in [5.41, 5.74) is -1.23. The van der Waals surface area contributed by atoms with Gasteiger partial charge >= 0.3 is 12.3 Å². The number of hydrogen-bond acceptors (Lipinski definition) is 5. The first-order valence-corrected chi connectivity index (χ1v) is 10.1. The lowest BCUT2D eigenvalue weighted by molar-refractivity contribution is -0.142. The molecular formula is C21H19F4N5O3. The van der Waals surface area contributed by atoms with Crippen LogP contribution in [0.15, 0.2) is 36.4 Å². The fourth-order valence-corrected chi connectivity index (χ4v) is 3.52. The quantitative estimate of drug-likeness (QED) is 0.554. The van der Waals surface area contributed by atoms with Gasteiger partial charge in [-0.25, -0.2) is 18.7 Å². The van der Waals surface area contributed by atoms with Gasteiger partial charge in [0.25, 0.3) is 5.91 Å². The molecule has 0 aliphatic carbocycles. The summed E-state index contributed by atoms with van der Waals surface area (Å²) in [7, 11) is 0. The number of hydrogen-bond donors (Lipinski definition) is 0. The number of halogens is 4. The average Bonchev–Trinajstić information content (AvgIpc) is 3.22. The van der Waals surface area contributed by atoms with E-state index in [2.05, 4.69) is 10.1 Å². The van der Waals surface area contributed by atoms with Gasteiger partial charge in [-0.2, -0.15) is 18.3 Å². The van der Waals surface area contributed by atoms with Gasteiger partial charge in [0.1, 0.15) is 5.82 Å². The Bertz CT molecular complexity index is 1190. The van der Waals surface area contributed by atoms with Crippen molar-refractivity contribution < 1.29 is 31.9 Å². The van der Waals surface area contributed by atoms with Crippen molar-refractivity contribution >= 4 is 17.6 Å². The summed E-state index contributed by atoms with van der Waals surface area (Å²) in [4.78, 5) is 31.8. The van der Waals surface area contributed by atoms with Gasteiger partial charge in [0, 0.05) is 37.8 Å². The first-order chi connectivity index (χ1) is 15.7. The van der Waals surface area contributed by atoms with Crippen LogP contribution in [-0.4, -0.2) is 69.2 Å². The molecule has 4 rings (SSSR count). The van der Waals surface area contributed by atoms with Gasteiger partial charge in [0.05, 0.1) is 12.3 Å². The monoisotopic (exact) mass is 465 g/mol. The maximum Gasteiger partial charge on any atom is 0.433 e. The van der Waals surface area contributed by atoms with E-state index in [1.807, 2.05) is 0 Å². The zero-order valence-electron chi connectivity index (χ0n) is 17.5. The molecule has 2 amide bonds. The highest BCUT2D eigenvalue weighted by atomic mass is 19.4. The Hall–Kier alpha value is -3.70. The van der Waals surface area contributed by atoms with Crippen LogP contribution in [0, 0.1) is 5.82 Å². The van der Waals surface area contributed by atoms with Gasteiger partial charge in [-0.3, -0.25) is 4.79 Å². The molecule has 2 aromatic heterocycles. The molecule has 0 radical (unpaired) electrons. The van der Waals surface area contributed by atoms with Gasteiger partial charge in [-0.1, -0.05) is 0 Å². The van der Waals surface area contributed by atoms with E-state index in [9.17, 15) is 27.2 Å². The van der Waals surface area contributed by atoms with Crippen molar-refractivity contribution in [1.29, 1.82) is 0 Å². The third-order valence-electron chi connectivity index (χ3n) is 5.17. The van der Waals surface area contributed by atoms with E-state index >= 15 is 0 Å². The van der Waals surface area contributed by atoms with Crippen LogP contribution in [0.2, 0.25) is 0 Å². The molecule has 0 unspecified atom stereocenters. The maximum absolute atomic E-state index is 13.7. The van der Waals surface area contributed by atoms with Crippen molar-refractivity contribution in [1.82, 2.24) is 24.4 Å². The summed E-state index contributed by atoms with van der Waals surface area (Å²) in [5.74, 6) is -1.10. The predicted molar refractivity (Wildman–Crippen MR) is 108 cm³/mol. The van der Waals surface area contributed by atoms with Gasteiger partial charge in [-0.05, 0) is 37.3 Å². The number of benzene rings is 1. The molecule has 3 aromatic rings. The summed E-state index contributed by atoms with van der Waals surface area (Å²) in [6, 6.07) is 6.87. The Balaban J connectivity index is 1.64. The first-order valence-electron chi connectivity index (χ1n) is 10.1. The van der Waals surface area contributed by atoms with Gasteiger partial charge in [0.15, 0.2) is 17.0 Å². The number of fused-ring (bicyclic) bond motifs is 1. The lowest BCUT2D eigenvalue weighted by atomic mass is 10.1. The largest absolute Gasteiger partial charge is 0.450 e. The summed E-state index contributed by atoms with van der Waals surface area (Å²) in [5, 5.41) is 3.86. The summed E-state index contributed by atoms with van der Waals surface area (Å²) < 4.78 is 59.9. The number of piperazine rings is 1. The molecule has 0 spiro atoms. The van der Waals surface area contributed by atoms with Crippen LogP contribution in [0.4, 0.5) is 22.4 Å². The molecule has 0 saturated carbocycles. The number of alkyl halides is 3. The molecule has 1 saturated heterocycles. The molecule has 0 atom stereocenters. The van der Waals surface area contributed by atoms with E-state index in [0.717, 1.165) is 18.2 Å². The summed E-state index contributed by atoms with van der Waals surface area (Å²) in [6.45, 7) is 2.76. The van der Waals surface area contributed by atoms with Crippen LogP contribution in [-0.2, 0) is 10.9 Å². The lowest BCUT2D eigenvalue weighted by Crippen LogP contribution is -2.50. The third-order valence-corrected chi connectivity index (χ3v) is 5.17. The number of carbonyl (C=O) groups is 2. The van der Waals surface area contributed by atoms with Gasteiger partial charge in [-0.15, -0.1) is 0 Å². The van der Waals surface area contributed by atoms with Crippen LogP contribution in [0.1, 0.15) is 23.1 Å². The minimum Gasteiger partial charge on any atom is -0.450 e. The zero-order chi connectivity index (χ0) is 23.8. The number of aromatic nitrogens is 3. The van der Waals surface area contributed by atoms with E-state index in [1.54, 1.807) is 6.92 Å². The highest BCUT2D eigenvalue weighted by molar-refractivity contribution is 5.93. The molecule has 1 aliphatic heterocycles. The van der Waals surface area contributed by atoms with E-state index < -0.39 is 29.7 Å². The normalized spacial score (nSPS) is 14.6. The fourth-order valence-electron chi connectivity index (χ4n) is 3.52. The molecule has 33 heavy (non-hydrogen) atoms. The minimum absolute atomic E-state index is 0.0308. The van der Waals surface area contributed by atoms with Crippen molar-refractivity contribution in [3.05, 3.63) is 53.6 Å². The molecule has 1 fully saturated rings. The average molecular weight is 465 g/mol. The summed E-state index contributed by atoms with van der Waals surface area (Å²) >= 11 is 0. The number of nitrogens with zero attached hydrogens (tertiary/aromatic N) is 5. The third kappa shape index (κ3) is 4.59. The van der Waals surface area contributed by atoms with E-state index in [-0.39, 0.29) is 55.4 Å². The molecule has 0 bridgehead atoms. The lowest BCUT2D eigenvalue weighted by Gasteiger charge is -2.33. The van der Waals surface area contributed by atoms with Crippen LogP contribution in [0.5, 0.6) is 0 Å². The number of ether oxygens (including phenoxy) is 1. The molecule has 174 valence electrons. The first kappa shape index (κ1) is 22.5. The Labute approximate surface area is 185 Å². The summed E-state index contributed by atoms with van der Waals surface area (Å²) in [6.07, 6.45) is -5.25. The molecule has 1 aliphatic rings. The van der Waals surface area contributed by atoms with Gasteiger partial charge < -0.3 is 14.5 Å². The SMILES string of the molecule is CCOC(=O)N1CCN(C(=O)c2cc3nc(-c4ccc(F)cc4)cc(C(F)(F)F)n3n2)CC1. The van der Waals surface area contributed by atoms with Crippen molar-refractivity contribution in [3.63, 3.8) is 0 Å². The van der Waals surface area contributed by atoms with Crippen LogP contribution < -0.4 is 0 Å². The molecule has 0 N–H and O–H groups in total. The minimum atomic E-state index is -4.77. The Morgan fingerprint density at radius 1 is 1.03 bits per heavy atom. The Kier molecular flexibility index (Phi) is 5.91. The molecular weight excluding hydrogens is 446 g/mol. The number of carbonyl (C=O) groups excluding carboxylic acids is 2. The second-order valence-electron chi connectivity index (χ2n) is 7.31. The van der Waals surface area contributed by atoms with Crippen molar-refractivity contribution in [2.45, 2.75) is 13.1 Å². The molecule has 8 nitrogen and oxygen atoms in total. The highest BCUT2D eigenvalue weighted by Gasteiger charge is 2.36. The Morgan fingerprint density at radius 2 is 1.67 bits per heavy atom. The maximum atomic E-state index is 13.7. The smallest absolute Gasteiger partial charge is 0.433 e. The number of rotatable bonds is 3. The van der Waals surface area contributed by atoms with Gasteiger partial charge in [0.2, 0.25) is 0 Å². The highest BCUT2D eigenvalue weighted by Crippen LogP contribution is 2.32. The van der Waals surface area contributed by atoms with Crippen LogP contribution in [0.3, 0.4) is 0 Å². The Morgan fingerprint density at radius 3 is 2.27 bits per heavy atom. The molecule has 1 aromatic carbocycles. The topological polar surface area (TPSA) is 80.0 Å². The van der Waals surface area contributed by atoms with E-state index in [0.29, 0.717) is 4.52 Å². The van der Waals surface area contributed by atoms with E-state index in [4.69, 9.17) is 4.74 Å². The second kappa shape index (κ2) is 8.68. The van der Waals surface area contributed by atoms with Crippen molar-refractivity contribution in [3.8, 4) is 11.3 Å². The van der Waals surface area contributed by atoms with Crippen LogP contribution in [0.25, 0.3) is 16.9 Å². The van der Waals surface area contributed by atoms with Crippen molar-refractivity contribution in [2.24, 2.45) is 0 Å². The van der Waals surface area contributed by atoms with Crippen molar-refractivity contribution in [2.75, 3.05) is 32.8 Å². The second-order valence-corrected chi connectivity index (χ2v) is 7.31. The zero-order valence-corrected chi connectivity index (χ0v) is 17.5. The predicted octanol–water partition coefficient (Wildman–Crippen LogP) is 3.47. The van der Waals surface area contributed by atoms with Crippen LogP contribution >= 0.6 is 0 Å². The fraction of sp³-hybridized carbons (Fsp3) is 0.333. The molecule has 12 heteroatoms. The standard InChI is InChI=1S/C21H19F4N5O3/c1-2-33-20(32)29-9-7-28(8-10-29)19(31)16-12-18-26-15(13-3-5-14(22)6-4-13)11-17(21(23,24)25)30(18)27-16/h3-6,11-12H,2,7-10H2,1H3.